The number of aliphatic carboxylic acids is 1. The summed E-state index contributed by atoms with van der Waals surface area (Å²) in [5.41, 5.74) is 0. The van der Waals surface area contributed by atoms with Crippen LogP contribution in [0.1, 0.15) is 13.3 Å². The van der Waals surface area contributed by atoms with Crippen molar-refractivity contribution in [3.8, 4) is 0 Å². The molecule has 0 fully saturated rings. The number of ketones is 4. The van der Waals surface area contributed by atoms with Gasteiger partial charge in [0, 0.05) is 4.53 Å². The Hall–Kier alpha value is -2.80. The lowest BCUT2D eigenvalue weighted by molar-refractivity contribution is -0.205. The number of alkyl halides is 5. The fourth-order valence-electron chi connectivity index (χ4n) is 0.746. The van der Waals surface area contributed by atoms with E-state index in [0.29, 0.717) is 0 Å². The Kier molecular flexibility index (Phi) is 8.54. The Morgan fingerprint density at radius 3 is 1.58 bits per heavy atom. The van der Waals surface area contributed by atoms with E-state index in [9.17, 15) is 55.2 Å². The molecule has 0 heterocycles. The largest absolute Gasteiger partial charge is 0.475 e. The Morgan fingerprint density at radius 2 is 1.38 bits per heavy atom. The molecule has 0 saturated heterocycles. The number of hydrogen-bond acceptors (Lipinski definition) is 7. The molecule has 136 valence electrons. The maximum absolute atomic E-state index is 12.3. The van der Waals surface area contributed by atoms with E-state index in [0.717, 1.165) is 0 Å². The lowest BCUT2D eigenvalue weighted by Gasteiger charge is -2.12. The van der Waals surface area contributed by atoms with Crippen LogP contribution in [0.15, 0.2) is 0 Å². The first-order chi connectivity index (χ1) is 10.6. The highest BCUT2D eigenvalue weighted by molar-refractivity contribution is 6.41. The predicted octanol–water partition coefficient (Wildman–Crippen LogP) is 0.369. The lowest BCUT2D eigenvalue weighted by atomic mass is 10.1. The molecule has 0 aliphatic rings. The summed E-state index contributed by atoms with van der Waals surface area (Å²) in [4.78, 5) is 61.8. The van der Waals surface area contributed by atoms with Crippen LogP contribution in [0.5, 0.6) is 0 Å². The second-order valence-electron chi connectivity index (χ2n) is 3.70. The minimum Gasteiger partial charge on any atom is -0.475 e. The minimum absolute atomic E-state index is 0.428. The molecule has 0 atom stereocenters. The number of carbonyl (C=O) groups is 6. The average molecular weight is 368 g/mol. The Morgan fingerprint density at radius 1 is 0.958 bits per heavy atom. The number of carboxylic acid groups (broad SMARTS) is 1. The molecule has 0 saturated carbocycles. The molecule has 0 spiro atoms. The summed E-state index contributed by atoms with van der Waals surface area (Å²) in [6.07, 6.45) is -6.54. The van der Waals surface area contributed by atoms with Gasteiger partial charge in [0.25, 0.3) is 0 Å². The molecule has 0 rings (SSSR count). The van der Waals surface area contributed by atoms with Crippen molar-refractivity contribution >= 4 is 35.1 Å². The van der Waals surface area contributed by atoms with Gasteiger partial charge >= 0.3 is 35.6 Å². The third kappa shape index (κ3) is 7.46. The molecule has 0 aromatic carbocycles. The molecule has 0 aliphatic heterocycles. The monoisotopic (exact) mass is 368 g/mol. The number of hydrogen-bond donors (Lipinski definition) is 1. The van der Waals surface area contributed by atoms with Crippen molar-refractivity contribution in [3.63, 3.8) is 0 Å². The van der Waals surface area contributed by atoms with Gasteiger partial charge in [0.2, 0.25) is 5.78 Å². The number of carbonyl (C=O) groups excluding carboxylic acids is 5. The maximum Gasteiger partial charge on any atom is 0.456 e. The standard InChI is InChI=1S/C5F6O4.C5H6O4/c6-4(7,1(12)2(13)15-11)3(14)5(8,9)10;1-3(6)2-4(7)5(8)9/h;2H2,1H3,(H,8,9). The van der Waals surface area contributed by atoms with E-state index in [1.54, 1.807) is 0 Å². The molecule has 8 nitrogen and oxygen atoms in total. The first-order valence-corrected chi connectivity index (χ1v) is 5.21. The molecular weight excluding hydrogens is 362 g/mol. The molecule has 0 unspecified atom stereocenters. The van der Waals surface area contributed by atoms with E-state index in [2.05, 4.69) is 0 Å². The second-order valence-corrected chi connectivity index (χ2v) is 3.70. The zero-order valence-corrected chi connectivity index (χ0v) is 11.3. The summed E-state index contributed by atoms with van der Waals surface area (Å²) < 4.78 is 69.8. The van der Waals surface area contributed by atoms with E-state index in [1.807, 2.05) is 4.94 Å². The van der Waals surface area contributed by atoms with Crippen LogP contribution in [0, 0.1) is 0 Å². The Bertz CT molecular complexity index is 564. The van der Waals surface area contributed by atoms with Gasteiger partial charge in [-0.05, 0) is 6.92 Å². The van der Waals surface area contributed by atoms with Crippen molar-refractivity contribution in [1.29, 1.82) is 0 Å². The predicted molar refractivity (Wildman–Crippen MR) is 56.2 cm³/mol. The molecule has 14 heteroatoms. The van der Waals surface area contributed by atoms with E-state index in [-0.39, 0.29) is 0 Å². The fourth-order valence-corrected chi connectivity index (χ4v) is 0.746. The van der Waals surface area contributed by atoms with Crippen molar-refractivity contribution < 1.29 is 65.3 Å². The summed E-state index contributed by atoms with van der Waals surface area (Å²) in [5, 5.41) is 7.93. The third-order valence-corrected chi connectivity index (χ3v) is 1.73. The van der Waals surface area contributed by atoms with Crippen molar-refractivity contribution in [2.45, 2.75) is 25.4 Å². The van der Waals surface area contributed by atoms with Crippen LogP contribution in [0.4, 0.5) is 26.5 Å². The molecule has 0 bridgehead atoms. The minimum atomic E-state index is -6.03. The van der Waals surface area contributed by atoms with Gasteiger partial charge in [-0.3, -0.25) is 19.2 Å². The molecule has 0 aromatic rings. The first kappa shape index (κ1) is 23.5. The molecule has 0 amide bonds. The SMILES string of the molecule is CC(=O)CC(=O)C(=O)O.O=C(OF)C(=O)C(F)(F)C(=O)C(F)(F)F. The third-order valence-electron chi connectivity index (χ3n) is 1.73. The van der Waals surface area contributed by atoms with Crippen LogP contribution in [-0.2, 0) is 33.7 Å². The number of carboxylic acids is 1. The van der Waals surface area contributed by atoms with Gasteiger partial charge < -0.3 is 5.11 Å². The summed E-state index contributed by atoms with van der Waals surface area (Å²) in [6.45, 7) is 1.17. The van der Waals surface area contributed by atoms with Gasteiger partial charge in [0.1, 0.15) is 5.78 Å². The zero-order valence-electron chi connectivity index (χ0n) is 11.3. The number of halogens is 6. The smallest absolute Gasteiger partial charge is 0.456 e. The van der Waals surface area contributed by atoms with Gasteiger partial charge in [-0.1, -0.05) is 0 Å². The first-order valence-electron chi connectivity index (χ1n) is 5.21. The molecule has 0 aliphatic carbocycles. The van der Waals surface area contributed by atoms with Crippen LogP contribution in [0.25, 0.3) is 0 Å². The van der Waals surface area contributed by atoms with Crippen LogP contribution in [0.2, 0.25) is 0 Å². The molecular formula is C10H6F6O8. The van der Waals surface area contributed by atoms with E-state index >= 15 is 0 Å². The van der Waals surface area contributed by atoms with E-state index in [4.69, 9.17) is 5.11 Å². The van der Waals surface area contributed by atoms with Gasteiger partial charge in [-0.25, -0.2) is 14.5 Å². The second kappa shape index (κ2) is 8.73. The zero-order chi connectivity index (χ0) is 19.9. The van der Waals surface area contributed by atoms with Crippen LogP contribution < -0.4 is 0 Å². The average Bonchev–Trinajstić information content (AvgIpc) is 2.43. The van der Waals surface area contributed by atoms with Gasteiger partial charge in [-0.2, -0.15) is 22.0 Å². The van der Waals surface area contributed by atoms with Crippen LogP contribution in [-0.4, -0.2) is 52.3 Å². The molecule has 0 aromatic heterocycles. The number of rotatable bonds is 6. The summed E-state index contributed by atoms with van der Waals surface area (Å²) in [6, 6.07) is 0. The van der Waals surface area contributed by atoms with Crippen molar-refractivity contribution in [1.82, 2.24) is 0 Å². The van der Waals surface area contributed by atoms with Crippen molar-refractivity contribution in [2.75, 3.05) is 0 Å². The van der Waals surface area contributed by atoms with Gasteiger partial charge in [-0.15, -0.1) is 0 Å². The Labute approximate surface area is 127 Å². The quantitative estimate of drug-likeness (QED) is 0.404. The van der Waals surface area contributed by atoms with Crippen LogP contribution >= 0.6 is 0 Å². The fraction of sp³-hybridized carbons (Fsp3) is 0.400. The van der Waals surface area contributed by atoms with Crippen molar-refractivity contribution in [3.05, 3.63) is 0 Å². The van der Waals surface area contributed by atoms with E-state index in [1.165, 1.54) is 6.92 Å². The summed E-state index contributed by atoms with van der Waals surface area (Å²) in [5.74, 6) is -18.6. The highest BCUT2D eigenvalue weighted by atomic mass is 19.4. The normalized spacial score (nSPS) is 10.8. The van der Waals surface area contributed by atoms with Gasteiger partial charge in [0.05, 0.1) is 6.42 Å². The van der Waals surface area contributed by atoms with E-state index < -0.39 is 53.6 Å². The summed E-state index contributed by atoms with van der Waals surface area (Å²) in [7, 11) is 0. The molecule has 1 N–H and O–H groups in total. The highest BCUT2D eigenvalue weighted by Crippen LogP contribution is 2.28. The maximum atomic E-state index is 12.3. The Balaban J connectivity index is 0. The van der Waals surface area contributed by atoms with Gasteiger partial charge in [0.15, 0.2) is 0 Å². The highest BCUT2D eigenvalue weighted by Gasteiger charge is 2.62. The lowest BCUT2D eigenvalue weighted by Crippen LogP contribution is -2.48. The summed E-state index contributed by atoms with van der Waals surface area (Å²) >= 11 is 0. The number of Topliss-reactive ketones (excluding diaryl/α,β-unsaturated/α-hetero) is 4. The van der Waals surface area contributed by atoms with Crippen LogP contribution in [0.3, 0.4) is 0 Å². The molecule has 24 heavy (non-hydrogen) atoms. The molecule has 0 radical (unpaired) electrons. The van der Waals surface area contributed by atoms with Crippen molar-refractivity contribution in [2.24, 2.45) is 0 Å². The topological polar surface area (TPSA) is 132 Å².